The fourth-order valence-corrected chi connectivity index (χ4v) is 1.87. The zero-order chi connectivity index (χ0) is 15.2. The van der Waals surface area contributed by atoms with Crippen molar-refractivity contribution in [1.29, 1.82) is 0 Å². The first-order valence-electron chi connectivity index (χ1n) is 6.75. The minimum absolute atomic E-state index is 0.114. The highest BCUT2D eigenvalue weighted by Gasteiger charge is 2.04. The molecule has 0 aromatic heterocycles. The van der Waals surface area contributed by atoms with Crippen LogP contribution in [0.15, 0.2) is 48.5 Å². The van der Waals surface area contributed by atoms with Gasteiger partial charge in [-0.15, -0.1) is 0 Å². The molecule has 2 N–H and O–H groups in total. The number of nitrogens with two attached hydrogens (primary N) is 1. The van der Waals surface area contributed by atoms with Gasteiger partial charge in [0.15, 0.2) is 5.78 Å². The van der Waals surface area contributed by atoms with Crippen molar-refractivity contribution >= 4 is 11.7 Å². The molecule has 2 aromatic carbocycles. The Kier molecular flexibility index (Phi) is 4.72. The Labute approximate surface area is 123 Å². The molecule has 2 rings (SSSR count). The maximum atomic E-state index is 11.5. The monoisotopic (exact) mass is 283 g/mol. The van der Waals surface area contributed by atoms with Gasteiger partial charge in [0.25, 0.3) is 0 Å². The maximum absolute atomic E-state index is 11.5. The molecule has 0 aliphatic rings. The third-order valence-electron chi connectivity index (χ3n) is 3.14. The number of benzene rings is 2. The van der Waals surface area contributed by atoms with E-state index < -0.39 is 5.91 Å². The Hall–Kier alpha value is -2.62. The summed E-state index contributed by atoms with van der Waals surface area (Å²) in [5, 5.41) is 0. The fourth-order valence-electron chi connectivity index (χ4n) is 1.87. The molecule has 4 heteroatoms. The number of primary amides is 1. The molecule has 108 valence electrons. The van der Waals surface area contributed by atoms with Crippen LogP contribution in [0.3, 0.4) is 0 Å². The van der Waals surface area contributed by atoms with Gasteiger partial charge >= 0.3 is 0 Å². The van der Waals surface area contributed by atoms with Gasteiger partial charge in [-0.05, 0) is 42.0 Å². The van der Waals surface area contributed by atoms with Crippen LogP contribution >= 0.6 is 0 Å². The molecular weight excluding hydrogens is 266 g/mol. The first kappa shape index (κ1) is 14.8. The standard InChI is InChI=1S/C17H17NO3/c1-2-16(19)13-7-9-15(10-8-13)21-11-12-3-5-14(6-4-12)17(18)20/h3-10H,2,11H2,1H3,(H2,18,20). The van der Waals surface area contributed by atoms with Crippen molar-refractivity contribution in [1.82, 2.24) is 0 Å². The van der Waals surface area contributed by atoms with Crippen LogP contribution in [0.1, 0.15) is 39.6 Å². The molecule has 1 amide bonds. The summed E-state index contributed by atoms with van der Waals surface area (Å²) in [6, 6.07) is 14.0. The summed E-state index contributed by atoms with van der Waals surface area (Å²) < 4.78 is 5.63. The Morgan fingerprint density at radius 1 is 0.952 bits per heavy atom. The lowest BCUT2D eigenvalue weighted by molar-refractivity contribution is 0.0984. The van der Waals surface area contributed by atoms with E-state index in [9.17, 15) is 9.59 Å². The molecule has 2 aromatic rings. The fraction of sp³-hybridized carbons (Fsp3) is 0.176. The van der Waals surface area contributed by atoms with Crippen molar-refractivity contribution in [2.24, 2.45) is 5.73 Å². The molecule has 0 radical (unpaired) electrons. The Morgan fingerprint density at radius 2 is 1.52 bits per heavy atom. The Balaban J connectivity index is 1.96. The van der Waals surface area contributed by atoms with Crippen LogP contribution in [0.25, 0.3) is 0 Å². The van der Waals surface area contributed by atoms with E-state index >= 15 is 0 Å². The second kappa shape index (κ2) is 6.70. The quantitative estimate of drug-likeness (QED) is 0.829. The zero-order valence-electron chi connectivity index (χ0n) is 11.8. The molecule has 0 fully saturated rings. The lowest BCUT2D eigenvalue weighted by atomic mass is 10.1. The highest BCUT2D eigenvalue weighted by molar-refractivity contribution is 5.95. The van der Waals surface area contributed by atoms with Gasteiger partial charge in [-0.2, -0.15) is 0 Å². The molecule has 0 spiro atoms. The highest BCUT2D eigenvalue weighted by atomic mass is 16.5. The van der Waals surface area contributed by atoms with Crippen LogP contribution in [0.5, 0.6) is 5.75 Å². The van der Waals surface area contributed by atoms with Gasteiger partial charge < -0.3 is 10.5 Å². The first-order valence-corrected chi connectivity index (χ1v) is 6.75. The Morgan fingerprint density at radius 3 is 2.05 bits per heavy atom. The van der Waals surface area contributed by atoms with Crippen molar-refractivity contribution in [3.05, 3.63) is 65.2 Å². The highest BCUT2D eigenvalue weighted by Crippen LogP contribution is 2.15. The van der Waals surface area contributed by atoms with Gasteiger partial charge in [0.1, 0.15) is 12.4 Å². The predicted molar refractivity (Wildman–Crippen MR) is 80.4 cm³/mol. The number of Topliss-reactive ketones (excluding diaryl/α,β-unsaturated/α-hetero) is 1. The summed E-state index contributed by atoms with van der Waals surface area (Å²) in [4.78, 5) is 22.5. The molecule has 4 nitrogen and oxygen atoms in total. The molecule has 0 heterocycles. The third kappa shape index (κ3) is 3.92. The second-order valence-electron chi connectivity index (χ2n) is 4.65. The van der Waals surface area contributed by atoms with Crippen LogP contribution in [-0.4, -0.2) is 11.7 Å². The molecule has 0 saturated heterocycles. The molecule has 0 atom stereocenters. The summed E-state index contributed by atoms with van der Waals surface area (Å²) in [5.74, 6) is 0.365. The van der Waals surface area contributed by atoms with Gasteiger partial charge in [0.2, 0.25) is 5.91 Å². The van der Waals surface area contributed by atoms with Crippen molar-refractivity contribution < 1.29 is 14.3 Å². The van der Waals surface area contributed by atoms with Crippen LogP contribution in [-0.2, 0) is 6.61 Å². The van der Waals surface area contributed by atoms with Gasteiger partial charge in [0.05, 0.1) is 0 Å². The Bertz CT molecular complexity index is 630. The summed E-state index contributed by atoms with van der Waals surface area (Å²) >= 11 is 0. The number of ether oxygens (including phenoxy) is 1. The van der Waals surface area contributed by atoms with E-state index in [-0.39, 0.29) is 5.78 Å². The molecule has 0 aliphatic carbocycles. The van der Waals surface area contributed by atoms with E-state index in [0.29, 0.717) is 29.9 Å². The number of amides is 1. The normalized spacial score (nSPS) is 10.1. The molecule has 0 unspecified atom stereocenters. The van der Waals surface area contributed by atoms with E-state index in [4.69, 9.17) is 10.5 Å². The summed E-state index contributed by atoms with van der Waals surface area (Å²) in [6.45, 7) is 2.22. The first-order chi connectivity index (χ1) is 10.1. The average molecular weight is 283 g/mol. The minimum Gasteiger partial charge on any atom is -0.489 e. The molecule has 0 bridgehead atoms. The number of carbonyl (C=O) groups is 2. The van der Waals surface area contributed by atoms with E-state index in [1.165, 1.54) is 0 Å². The minimum atomic E-state index is -0.446. The van der Waals surface area contributed by atoms with E-state index in [2.05, 4.69) is 0 Å². The average Bonchev–Trinajstić information content (AvgIpc) is 2.53. The molecule has 21 heavy (non-hydrogen) atoms. The topological polar surface area (TPSA) is 69.4 Å². The third-order valence-corrected chi connectivity index (χ3v) is 3.14. The van der Waals surface area contributed by atoms with Gasteiger partial charge in [-0.1, -0.05) is 19.1 Å². The maximum Gasteiger partial charge on any atom is 0.248 e. The lowest BCUT2D eigenvalue weighted by Crippen LogP contribution is -2.10. The largest absolute Gasteiger partial charge is 0.489 e. The van der Waals surface area contributed by atoms with Gasteiger partial charge in [-0.3, -0.25) is 9.59 Å². The summed E-state index contributed by atoms with van der Waals surface area (Å²) in [5.41, 5.74) is 7.28. The molecular formula is C17H17NO3. The number of rotatable bonds is 6. The van der Waals surface area contributed by atoms with Crippen LogP contribution in [0, 0.1) is 0 Å². The number of hydrogen-bond acceptors (Lipinski definition) is 3. The van der Waals surface area contributed by atoms with Gasteiger partial charge in [-0.25, -0.2) is 0 Å². The van der Waals surface area contributed by atoms with Crippen molar-refractivity contribution in [3.8, 4) is 5.75 Å². The van der Waals surface area contributed by atoms with Gasteiger partial charge in [0, 0.05) is 17.5 Å². The SMILES string of the molecule is CCC(=O)c1ccc(OCc2ccc(C(N)=O)cc2)cc1. The summed E-state index contributed by atoms with van der Waals surface area (Å²) in [6.07, 6.45) is 0.492. The molecule has 0 saturated carbocycles. The van der Waals surface area contributed by atoms with Crippen molar-refractivity contribution in [2.45, 2.75) is 20.0 Å². The number of ketones is 1. The molecule has 0 aliphatic heterocycles. The van der Waals surface area contributed by atoms with E-state index in [1.807, 2.05) is 6.92 Å². The van der Waals surface area contributed by atoms with Crippen molar-refractivity contribution in [2.75, 3.05) is 0 Å². The van der Waals surface area contributed by atoms with Crippen LogP contribution < -0.4 is 10.5 Å². The predicted octanol–water partition coefficient (Wildman–Crippen LogP) is 2.96. The lowest BCUT2D eigenvalue weighted by Gasteiger charge is -2.07. The smallest absolute Gasteiger partial charge is 0.248 e. The summed E-state index contributed by atoms with van der Waals surface area (Å²) in [7, 11) is 0. The van der Waals surface area contributed by atoms with E-state index in [0.717, 1.165) is 5.56 Å². The number of hydrogen-bond donors (Lipinski definition) is 1. The number of carbonyl (C=O) groups excluding carboxylic acids is 2. The van der Waals surface area contributed by atoms with Crippen LogP contribution in [0.2, 0.25) is 0 Å². The van der Waals surface area contributed by atoms with E-state index in [1.54, 1.807) is 48.5 Å². The second-order valence-corrected chi connectivity index (χ2v) is 4.65. The zero-order valence-corrected chi connectivity index (χ0v) is 11.8. The van der Waals surface area contributed by atoms with Crippen molar-refractivity contribution in [3.63, 3.8) is 0 Å². The van der Waals surface area contributed by atoms with Crippen LogP contribution in [0.4, 0.5) is 0 Å².